The molecule has 0 saturated carbocycles. The molecule has 1 aromatic carbocycles. The van der Waals surface area contributed by atoms with Gasteiger partial charge in [-0.1, -0.05) is 44.2 Å². The van der Waals surface area contributed by atoms with Crippen LogP contribution in [0.4, 0.5) is 0 Å². The lowest BCUT2D eigenvalue weighted by Gasteiger charge is -2.15. The Morgan fingerprint density at radius 3 is 2.56 bits per heavy atom. The summed E-state index contributed by atoms with van der Waals surface area (Å²) in [6.07, 6.45) is 3.10. The van der Waals surface area contributed by atoms with E-state index in [4.69, 9.17) is 0 Å². The van der Waals surface area contributed by atoms with Crippen molar-refractivity contribution in [2.45, 2.75) is 39.7 Å². The van der Waals surface area contributed by atoms with E-state index in [0.29, 0.717) is 5.92 Å². The molecule has 0 unspecified atom stereocenters. The summed E-state index contributed by atoms with van der Waals surface area (Å²) in [4.78, 5) is 21.2. The van der Waals surface area contributed by atoms with Gasteiger partial charge in [-0.3, -0.25) is 9.78 Å². The Morgan fingerprint density at radius 1 is 1.11 bits per heavy atom. The quantitative estimate of drug-likeness (QED) is 0.640. The summed E-state index contributed by atoms with van der Waals surface area (Å²) in [6, 6.07) is 14.2. The zero-order valence-electron chi connectivity index (χ0n) is 16.0. The Kier molecular flexibility index (Phi) is 6.35. The summed E-state index contributed by atoms with van der Waals surface area (Å²) < 4.78 is 0. The van der Waals surface area contributed by atoms with Gasteiger partial charge in [-0.15, -0.1) is 11.3 Å². The van der Waals surface area contributed by atoms with Crippen LogP contribution in [-0.2, 0) is 17.6 Å². The maximum absolute atomic E-state index is 12.4. The molecule has 0 radical (unpaired) electrons. The van der Waals surface area contributed by atoms with Gasteiger partial charge < -0.3 is 5.32 Å². The van der Waals surface area contributed by atoms with Gasteiger partial charge in [-0.2, -0.15) is 0 Å². The Balaban J connectivity index is 1.56. The summed E-state index contributed by atoms with van der Waals surface area (Å²) in [6.45, 7) is 6.44. The van der Waals surface area contributed by atoms with Crippen molar-refractivity contribution in [3.8, 4) is 10.7 Å². The second kappa shape index (κ2) is 8.91. The average molecular weight is 380 g/mol. The largest absolute Gasteiger partial charge is 0.349 e. The van der Waals surface area contributed by atoms with Crippen LogP contribution in [0.2, 0.25) is 0 Å². The molecule has 4 nitrogen and oxygen atoms in total. The van der Waals surface area contributed by atoms with E-state index in [0.717, 1.165) is 28.4 Å². The molecule has 5 heteroatoms. The van der Waals surface area contributed by atoms with Crippen LogP contribution in [0.15, 0.2) is 54.0 Å². The minimum atomic E-state index is -0.0282. The van der Waals surface area contributed by atoms with Crippen molar-refractivity contribution < 1.29 is 4.79 Å². The smallest absolute Gasteiger partial charge is 0.226 e. The summed E-state index contributed by atoms with van der Waals surface area (Å²) >= 11 is 1.51. The topological polar surface area (TPSA) is 54.9 Å². The summed E-state index contributed by atoms with van der Waals surface area (Å²) in [5.41, 5.74) is 4.06. The molecule has 27 heavy (non-hydrogen) atoms. The third-order valence-corrected chi connectivity index (χ3v) is 5.19. The van der Waals surface area contributed by atoms with E-state index in [1.165, 1.54) is 16.9 Å². The minimum absolute atomic E-state index is 0.0216. The number of carbonyl (C=O) groups excluding carboxylic acids is 1. The van der Waals surface area contributed by atoms with E-state index in [1.54, 1.807) is 6.20 Å². The van der Waals surface area contributed by atoms with Gasteiger partial charge in [0.15, 0.2) is 0 Å². The fraction of sp³-hybridized carbons (Fsp3) is 0.318. The van der Waals surface area contributed by atoms with Crippen molar-refractivity contribution in [1.82, 2.24) is 15.3 Å². The maximum atomic E-state index is 12.4. The molecule has 0 aliphatic carbocycles. The van der Waals surface area contributed by atoms with Crippen LogP contribution in [0.3, 0.4) is 0 Å². The number of hydrogen-bond donors (Lipinski definition) is 1. The zero-order valence-corrected chi connectivity index (χ0v) is 16.8. The number of thiazole rings is 1. The summed E-state index contributed by atoms with van der Waals surface area (Å²) in [5, 5.41) is 5.83. The SMILES string of the molecule is CC(C)Cc1ccc([C@H](C)NC(=O)Cc2csc(-c3ccccn3)n2)cc1. The molecule has 2 heterocycles. The molecule has 1 N–H and O–H groups in total. The molecule has 0 fully saturated rings. The molecule has 0 bridgehead atoms. The Bertz CT molecular complexity index is 872. The molecule has 0 spiro atoms. The maximum Gasteiger partial charge on any atom is 0.226 e. The van der Waals surface area contributed by atoms with E-state index < -0.39 is 0 Å². The highest BCUT2D eigenvalue weighted by Gasteiger charge is 2.13. The average Bonchev–Trinajstić information content (AvgIpc) is 3.11. The minimum Gasteiger partial charge on any atom is -0.349 e. The van der Waals surface area contributed by atoms with Gasteiger partial charge in [0, 0.05) is 11.6 Å². The highest BCUT2D eigenvalue weighted by atomic mass is 32.1. The predicted molar refractivity (Wildman–Crippen MR) is 111 cm³/mol. The third-order valence-electron chi connectivity index (χ3n) is 4.28. The Labute approximate surface area is 164 Å². The molecular weight excluding hydrogens is 354 g/mol. The first kappa shape index (κ1) is 19.2. The van der Waals surface area contributed by atoms with Crippen LogP contribution in [-0.4, -0.2) is 15.9 Å². The van der Waals surface area contributed by atoms with Gasteiger partial charge in [0.05, 0.1) is 23.9 Å². The fourth-order valence-corrected chi connectivity index (χ4v) is 3.74. The second-order valence-electron chi connectivity index (χ2n) is 7.16. The van der Waals surface area contributed by atoms with Crippen LogP contribution in [0.25, 0.3) is 10.7 Å². The summed E-state index contributed by atoms with van der Waals surface area (Å²) in [5.74, 6) is 0.619. The first-order valence-electron chi connectivity index (χ1n) is 9.25. The van der Waals surface area contributed by atoms with Gasteiger partial charge >= 0.3 is 0 Å². The number of hydrogen-bond acceptors (Lipinski definition) is 4. The second-order valence-corrected chi connectivity index (χ2v) is 8.02. The lowest BCUT2D eigenvalue weighted by Crippen LogP contribution is -2.28. The molecule has 140 valence electrons. The highest BCUT2D eigenvalue weighted by molar-refractivity contribution is 7.13. The fourth-order valence-electron chi connectivity index (χ4n) is 2.95. The number of pyridine rings is 1. The zero-order chi connectivity index (χ0) is 19.2. The van der Waals surface area contributed by atoms with Crippen molar-refractivity contribution in [2.75, 3.05) is 0 Å². The third kappa shape index (κ3) is 5.47. The van der Waals surface area contributed by atoms with Crippen LogP contribution in [0.1, 0.15) is 43.6 Å². The van der Waals surface area contributed by atoms with Gasteiger partial charge in [-0.05, 0) is 42.5 Å². The first-order valence-corrected chi connectivity index (χ1v) is 10.1. The lowest BCUT2D eigenvalue weighted by atomic mass is 10.00. The van der Waals surface area contributed by atoms with Crippen LogP contribution < -0.4 is 5.32 Å². The number of nitrogens with zero attached hydrogens (tertiary/aromatic N) is 2. The van der Waals surface area contributed by atoms with E-state index in [-0.39, 0.29) is 18.4 Å². The number of nitrogens with one attached hydrogen (secondary N) is 1. The standard InChI is InChI=1S/C22H25N3OS/c1-15(2)12-17-7-9-18(10-8-17)16(3)24-21(26)13-19-14-27-22(25-19)20-6-4-5-11-23-20/h4-11,14-16H,12-13H2,1-3H3,(H,24,26)/t16-/m0/s1. The Hall–Kier alpha value is -2.53. The van der Waals surface area contributed by atoms with Gasteiger partial charge in [0.2, 0.25) is 5.91 Å². The van der Waals surface area contributed by atoms with E-state index in [2.05, 4.69) is 53.4 Å². The van der Waals surface area contributed by atoms with Gasteiger partial charge in [0.25, 0.3) is 0 Å². The van der Waals surface area contributed by atoms with Crippen molar-refractivity contribution in [3.05, 3.63) is 70.9 Å². The molecule has 3 rings (SSSR count). The first-order chi connectivity index (χ1) is 13.0. The normalized spacial score (nSPS) is 12.1. The molecule has 0 saturated heterocycles. The van der Waals surface area contributed by atoms with Crippen molar-refractivity contribution in [1.29, 1.82) is 0 Å². The highest BCUT2D eigenvalue weighted by Crippen LogP contribution is 2.22. The lowest BCUT2D eigenvalue weighted by molar-refractivity contribution is -0.121. The monoisotopic (exact) mass is 379 g/mol. The predicted octanol–water partition coefficient (Wildman–Crippen LogP) is 4.82. The van der Waals surface area contributed by atoms with E-state index >= 15 is 0 Å². The van der Waals surface area contributed by atoms with Gasteiger partial charge in [-0.25, -0.2) is 4.98 Å². The van der Waals surface area contributed by atoms with Crippen LogP contribution in [0, 0.1) is 5.92 Å². The molecule has 1 amide bonds. The van der Waals surface area contributed by atoms with E-state index in [9.17, 15) is 4.79 Å². The Morgan fingerprint density at radius 2 is 1.89 bits per heavy atom. The number of amides is 1. The summed E-state index contributed by atoms with van der Waals surface area (Å²) in [7, 11) is 0. The van der Waals surface area contributed by atoms with Crippen molar-refractivity contribution >= 4 is 17.2 Å². The van der Waals surface area contributed by atoms with Gasteiger partial charge in [0.1, 0.15) is 5.01 Å². The van der Waals surface area contributed by atoms with Crippen LogP contribution >= 0.6 is 11.3 Å². The molecule has 3 aromatic rings. The van der Waals surface area contributed by atoms with Crippen molar-refractivity contribution in [3.63, 3.8) is 0 Å². The molecule has 1 atom stereocenters. The molecule has 0 aliphatic rings. The number of carbonyl (C=O) groups is 1. The number of aromatic nitrogens is 2. The van der Waals surface area contributed by atoms with E-state index in [1.807, 2.05) is 30.5 Å². The van der Waals surface area contributed by atoms with Crippen LogP contribution in [0.5, 0.6) is 0 Å². The van der Waals surface area contributed by atoms with Crippen molar-refractivity contribution in [2.24, 2.45) is 5.92 Å². The number of benzene rings is 1. The molecular formula is C22H25N3OS. The molecule has 2 aromatic heterocycles. The molecule has 0 aliphatic heterocycles. The number of rotatable bonds is 7.